The van der Waals surface area contributed by atoms with Gasteiger partial charge in [-0.05, 0) is 38.7 Å². The molecule has 0 N–H and O–H groups in total. The van der Waals surface area contributed by atoms with Crippen LogP contribution in [-0.4, -0.2) is 45.3 Å². The van der Waals surface area contributed by atoms with Crippen molar-refractivity contribution in [2.75, 3.05) is 22.9 Å². The molecule has 0 bridgehead atoms. The Labute approximate surface area is 134 Å². The maximum absolute atomic E-state index is 4.48. The van der Waals surface area contributed by atoms with Gasteiger partial charge >= 0.3 is 0 Å². The molecular formula is C15H20N6S. The van der Waals surface area contributed by atoms with Gasteiger partial charge in [-0.3, -0.25) is 0 Å². The molecule has 0 amide bonds. The van der Waals surface area contributed by atoms with E-state index in [9.17, 15) is 0 Å². The maximum atomic E-state index is 4.48. The van der Waals surface area contributed by atoms with Gasteiger partial charge in [0.15, 0.2) is 0 Å². The van der Waals surface area contributed by atoms with Crippen LogP contribution in [0.4, 0.5) is 10.9 Å². The van der Waals surface area contributed by atoms with E-state index in [1.807, 2.05) is 19.2 Å². The first-order chi connectivity index (χ1) is 10.8. The van der Waals surface area contributed by atoms with Crippen molar-refractivity contribution in [3.05, 3.63) is 23.6 Å². The van der Waals surface area contributed by atoms with E-state index in [1.54, 1.807) is 17.7 Å². The lowest BCUT2D eigenvalue weighted by Gasteiger charge is -2.39. The minimum atomic E-state index is 0.577. The number of aromatic nitrogens is 4. The first-order valence-electron chi connectivity index (χ1n) is 7.90. The van der Waals surface area contributed by atoms with Gasteiger partial charge in [0, 0.05) is 31.4 Å². The van der Waals surface area contributed by atoms with Crippen LogP contribution in [0.5, 0.6) is 0 Å². The molecule has 0 atom stereocenters. The molecule has 0 unspecified atom stereocenters. The van der Waals surface area contributed by atoms with Crippen LogP contribution < -0.4 is 9.80 Å². The fourth-order valence-corrected chi connectivity index (χ4v) is 3.95. The molecule has 1 saturated carbocycles. The first kappa shape index (κ1) is 13.9. The Morgan fingerprint density at radius 2 is 1.91 bits per heavy atom. The second-order valence-corrected chi connectivity index (χ2v) is 7.19. The van der Waals surface area contributed by atoms with Crippen LogP contribution in [0.1, 0.15) is 30.7 Å². The van der Waals surface area contributed by atoms with Crippen molar-refractivity contribution in [2.45, 2.75) is 44.7 Å². The Morgan fingerprint density at radius 1 is 1.14 bits per heavy atom. The van der Waals surface area contributed by atoms with E-state index in [4.69, 9.17) is 0 Å². The summed E-state index contributed by atoms with van der Waals surface area (Å²) < 4.78 is 0. The van der Waals surface area contributed by atoms with Gasteiger partial charge in [-0.1, -0.05) is 11.3 Å². The number of anilines is 2. The Hall–Kier alpha value is -1.76. The average molecular weight is 316 g/mol. The van der Waals surface area contributed by atoms with Crippen molar-refractivity contribution in [1.82, 2.24) is 20.2 Å². The van der Waals surface area contributed by atoms with Gasteiger partial charge in [0.05, 0.1) is 0 Å². The van der Waals surface area contributed by atoms with Crippen molar-refractivity contribution in [3.63, 3.8) is 0 Å². The molecule has 6 nitrogen and oxygen atoms in total. The number of hydrogen-bond acceptors (Lipinski definition) is 7. The predicted octanol–water partition coefficient (Wildman–Crippen LogP) is 2.27. The molecule has 2 fully saturated rings. The molecule has 1 saturated heterocycles. The third-order valence-corrected chi connectivity index (χ3v) is 5.31. The van der Waals surface area contributed by atoms with Crippen LogP contribution >= 0.6 is 11.3 Å². The van der Waals surface area contributed by atoms with Crippen molar-refractivity contribution in [2.24, 2.45) is 0 Å². The lowest BCUT2D eigenvalue weighted by molar-refractivity contribution is 0.458. The van der Waals surface area contributed by atoms with Gasteiger partial charge in [0.25, 0.3) is 0 Å². The Kier molecular flexibility index (Phi) is 3.65. The standard InChI is InChI=1S/C15H20N6S/c1-11-18-19-15(22-11)20-8-5-13(6-9-20)21(12-2-3-12)14-4-7-16-10-17-14/h4,7,10,12-13H,2-3,5-6,8-9H2,1H3. The highest BCUT2D eigenvalue weighted by atomic mass is 32.1. The number of hydrogen-bond donors (Lipinski definition) is 0. The summed E-state index contributed by atoms with van der Waals surface area (Å²) in [4.78, 5) is 13.4. The minimum absolute atomic E-state index is 0.577. The van der Waals surface area contributed by atoms with E-state index >= 15 is 0 Å². The van der Waals surface area contributed by atoms with Crippen molar-refractivity contribution in [1.29, 1.82) is 0 Å². The third-order valence-electron chi connectivity index (χ3n) is 4.41. The average Bonchev–Trinajstić information content (AvgIpc) is 3.29. The molecule has 116 valence electrons. The zero-order chi connectivity index (χ0) is 14.9. The normalized spacial score (nSPS) is 19.4. The molecule has 2 aromatic heterocycles. The third kappa shape index (κ3) is 2.77. The van der Waals surface area contributed by atoms with Gasteiger partial charge in [0.1, 0.15) is 17.2 Å². The SMILES string of the molecule is Cc1nnc(N2CCC(N(c3ccncn3)C3CC3)CC2)s1. The van der Waals surface area contributed by atoms with Gasteiger partial charge in [0.2, 0.25) is 5.13 Å². The van der Waals surface area contributed by atoms with Crippen molar-refractivity contribution in [3.8, 4) is 0 Å². The highest BCUT2D eigenvalue weighted by molar-refractivity contribution is 7.15. The Balaban J connectivity index is 1.45. The highest BCUT2D eigenvalue weighted by Gasteiger charge is 2.36. The molecule has 0 spiro atoms. The second kappa shape index (κ2) is 5.79. The minimum Gasteiger partial charge on any atom is -0.350 e. The summed E-state index contributed by atoms with van der Waals surface area (Å²) >= 11 is 1.69. The fourth-order valence-electron chi connectivity index (χ4n) is 3.21. The molecule has 0 radical (unpaired) electrons. The molecule has 2 aliphatic rings. The molecule has 2 aromatic rings. The van der Waals surface area contributed by atoms with Crippen molar-refractivity contribution >= 4 is 22.3 Å². The first-order valence-corrected chi connectivity index (χ1v) is 8.72. The van der Waals surface area contributed by atoms with E-state index in [0.29, 0.717) is 12.1 Å². The largest absolute Gasteiger partial charge is 0.350 e. The van der Waals surface area contributed by atoms with Crippen LogP contribution in [0, 0.1) is 6.92 Å². The Morgan fingerprint density at radius 3 is 2.50 bits per heavy atom. The van der Waals surface area contributed by atoms with Gasteiger partial charge in [-0.25, -0.2) is 9.97 Å². The molecule has 22 heavy (non-hydrogen) atoms. The van der Waals surface area contributed by atoms with Gasteiger partial charge in [-0.15, -0.1) is 10.2 Å². The van der Waals surface area contributed by atoms with Crippen LogP contribution in [0.3, 0.4) is 0 Å². The zero-order valence-electron chi connectivity index (χ0n) is 12.7. The summed E-state index contributed by atoms with van der Waals surface area (Å²) in [5.41, 5.74) is 0. The molecule has 0 aromatic carbocycles. The van der Waals surface area contributed by atoms with Gasteiger partial charge in [-0.2, -0.15) is 0 Å². The van der Waals surface area contributed by atoms with E-state index in [-0.39, 0.29) is 0 Å². The van der Waals surface area contributed by atoms with Crippen LogP contribution in [0.15, 0.2) is 18.6 Å². The molecular weight excluding hydrogens is 296 g/mol. The fraction of sp³-hybridized carbons (Fsp3) is 0.600. The molecule has 1 aliphatic heterocycles. The predicted molar refractivity (Wildman–Crippen MR) is 87.4 cm³/mol. The number of nitrogens with zero attached hydrogens (tertiary/aromatic N) is 6. The molecule has 4 rings (SSSR count). The van der Waals surface area contributed by atoms with E-state index in [0.717, 1.165) is 41.9 Å². The molecule has 7 heteroatoms. The van der Waals surface area contributed by atoms with Crippen LogP contribution in [0.2, 0.25) is 0 Å². The zero-order valence-corrected chi connectivity index (χ0v) is 13.5. The van der Waals surface area contributed by atoms with E-state index in [1.165, 1.54) is 12.8 Å². The highest BCUT2D eigenvalue weighted by Crippen LogP contribution is 2.35. The summed E-state index contributed by atoms with van der Waals surface area (Å²) in [6.45, 7) is 4.11. The second-order valence-electron chi connectivity index (χ2n) is 6.03. The lowest BCUT2D eigenvalue weighted by Crippen LogP contribution is -2.46. The van der Waals surface area contributed by atoms with Crippen LogP contribution in [-0.2, 0) is 0 Å². The summed E-state index contributed by atoms with van der Waals surface area (Å²) in [6.07, 6.45) is 8.39. The summed E-state index contributed by atoms with van der Waals surface area (Å²) in [5, 5.41) is 10.5. The van der Waals surface area contributed by atoms with E-state index in [2.05, 4.69) is 30.0 Å². The summed E-state index contributed by atoms with van der Waals surface area (Å²) in [6, 6.07) is 3.29. The topological polar surface area (TPSA) is 58.0 Å². The van der Waals surface area contributed by atoms with Gasteiger partial charge < -0.3 is 9.80 Å². The van der Waals surface area contributed by atoms with E-state index < -0.39 is 0 Å². The number of rotatable bonds is 4. The summed E-state index contributed by atoms with van der Waals surface area (Å²) in [5.74, 6) is 1.09. The smallest absolute Gasteiger partial charge is 0.208 e. The number of piperidine rings is 1. The van der Waals surface area contributed by atoms with Crippen LogP contribution in [0.25, 0.3) is 0 Å². The molecule has 1 aliphatic carbocycles. The lowest BCUT2D eigenvalue weighted by atomic mass is 10.0. The monoisotopic (exact) mass is 316 g/mol. The Bertz CT molecular complexity index is 618. The van der Waals surface area contributed by atoms with Crippen molar-refractivity contribution < 1.29 is 0 Å². The number of aryl methyl sites for hydroxylation is 1. The quantitative estimate of drug-likeness (QED) is 0.862. The molecule has 3 heterocycles. The maximum Gasteiger partial charge on any atom is 0.208 e. The summed E-state index contributed by atoms with van der Waals surface area (Å²) in [7, 11) is 0.